The quantitative estimate of drug-likeness (QED) is 0.906. The average molecular weight is 257 g/mol. The molecule has 1 aliphatic heterocycles. The molecule has 3 rings (SSSR count). The summed E-state index contributed by atoms with van der Waals surface area (Å²) in [4.78, 5) is 2.29. The van der Waals surface area contributed by atoms with E-state index < -0.39 is 5.60 Å². The summed E-state index contributed by atoms with van der Waals surface area (Å²) < 4.78 is 1.74. The van der Waals surface area contributed by atoms with Gasteiger partial charge in [-0.15, -0.1) is 0 Å². The fourth-order valence-electron chi connectivity index (χ4n) is 2.74. The van der Waals surface area contributed by atoms with Crippen molar-refractivity contribution in [2.75, 3.05) is 13.1 Å². The van der Waals surface area contributed by atoms with Crippen LogP contribution in [-0.4, -0.2) is 32.9 Å². The molecule has 1 fully saturated rings. The van der Waals surface area contributed by atoms with Crippen LogP contribution in [0.25, 0.3) is 0 Å². The van der Waals surface area contributed by atoms with Gasteiger partial charge in [-0.2, -0.15) is 5.10 Å². The molecule has 1 atom stereocenters. The summed E-state index contributed by atoms with van der Waals surface area (Å²) in [5, 5.41) is 14.9. The molecule has 0 aliphatic carbocycles. The van der Waals surface area contributed by atoms with Gasteiger partial charge in [0.1, 0.15) is 5.60 Å². The lowest BCUT2D eigenvalue weighted by atomic mass is 9.96. The highest BCUT2D eigenvalue weighted by atomic mass is 16.3. The van der Waals surface area contributed by atoms with E-state index in [0.29, 0.717) is 6.54 Å². The van der Waals surface area contributed by atoms with E-state index in [-0.39, 0.29) is 0 Å². The van der Waals surface area contributed by atoms with Crippen molar-refractivity contribution in [3.63, 3.8) is 0 Å². The van der Waals surface area contributed by atoms with Gasteiger partial charge in [0, 0.05) is 38.4 Å². The zero-order chi connectivity index (χ0) is 13.3. The first-order valence-corrected chi connectivity index (χ1v) is 6.63. The van der Waals surface area contributed by atoms with Crippen molar-refractivity contribution in [1.29, 1.82) is 0 Å². The minimum absolute atomic E-state index is 0.674. The highest BCUT2D eigenvalue weighted by Crippen LogP contribution is 2.32. The van der Waals surface area contributed by atoms with Gasteiger partial charge in [0.25, 0.3) is 0 Å². The topological polar surface area (TPSA) is 41.3 Å². The van der Waals surface area contributed by atoms with Crippen LogP contribution in [0.5, 0.6) is 0 Å². The van der Waals surface area contributed by atoms with Crippen molar-refractivity contribution >= 4 is 0 Å². The predicted molar refractivity (Wildman–Crippen MR) is 73.4 cm³/mol. The third-order valence-electron chi connectivity index (χ3n) is 3.82. The largest absolute Gasteiger partial charge is 0.384 e. The number of hydrogen-bond acceptors (Lipinski definition) is 3. The van der Waals surface area contributed by atoms with Gasteiger partial charge in [-0.3, -0.25) is 9.58 Å². The van der Waals surface area contributed by atoms with Gasteiger partial charge in [-0.05, 0) is 12.0 Å². The second-order valence-corrected chi connectivity index (χ2v) is 5.38. The summed E-state index contributed by atoms with van der Waals surface area (Å²) in [6, 6.07) is 10.4. The highest BCUT2D eigenvalue weighted by molar-refractivity contribution is 5.19. The van der Waals surface area contributed by atoms with Crippen molar-refractivity contribution in [2.45, 2.75) is 18.6 Å². The summed E-state index contributed by atoms with van der Waals surface area (Å²) in [6.45, 7) is 2.48. The van der Waals surface area contributed by atoms with E-state index in [1.54, 1.807) is 10.9 Å². The number of rotatable bonds is 3. The number of nitrogens with zero attached hydrogens (tertiary/aromatic N) is 3. The van der Waals surface area contributed by atoms with Gasteiger partial charge < -0.3 is 5.11 Å². The van der Waals surface area contributed by atoms with Crippen LogP contribution in [0.3, 0.4) is 0 Å². The van der Waals surface area contributed by atoms with E-state index in [4.69, 9.17) is 0 Å². The predicted octanol–water partition coefficient (Wildman–Crippen LogP) is 1.51. The van der Waals surface area contributed by atoms with E-state index >= 15 is 0 Å². The molecule has 0 spiro atoms. The molecule has 4 heteroatoms. The Hall–Kier alpha value is -1.65. The summed E-state index contributed by atoms with van der Waals surface area (Å²) >= 11 is 0. The summed E-state index contributed by atoms with van der Waals surface area (Å²) in [7, 11) is 1.88. The Balaban J connectivity index is 1.70. The van der Waals surface area contributed by atoms with Crippen LogP contribution in [0.15, 0.2) is 42.7 Å². The fraction of sp³-hybridized carbons (Fsp3) is 0.400. The summed E-state index contributed by atoms with van der Waals surface area (Å²) in [5.74, 6) is 0. The molecular formula is C15H19N3O. The Morgan fingerprint density at radius 2 is 2.11 bits per heavy atom. The van der Waals surface area contributed by atoms with Crippen LogP contribution >= 0.6 is 0 Å². The molecule has 0 radical (unpaired) electrons. The second kappa shape index (κ2) is 4.79. The Labute approximate surface area is 113 Å². The molecule has 1 unspecified atom stereocenters. The zero-order valence-electron chi connectivity index (χ0n) is 11.2. The van der Waals surface area contributed by atoms with E-state index in [0.717, 1.165) is 25.1 Å². The highest BCUT2D eigenvalue weighted by Gasteiger charge is 2.38. The van der Waals surface area contributed by atoms with Crippen molar-refractivity contribution < 1.29 is 5.11 Å². The zero-order valence-corrected chi connectivity index (χ0v) is 11.2. The smallest absolute Gasteiger partial charge is 0.106 e. The van der Waals surface area contributed by atoms with Crippen LogP contribution in [0, 0.1) is 0 Å². The average Bonchev–Trinajstić information content (AvgIpc) is 2.99. The van der Waals surface area contributed by atoms with Crippen LogP contribution in [0.2, 0.25) is 0 Å². The summed E-state index contributed by atoms with van der Waals surface area (Å²) in [6.07, 6.45) is 4.45. The number of benzene rings is 1. The molecule has 0 saturated carbocycles. The van der Waals surface area contributed by atoms with Crippen molar-refractivity contribution in [1.82, 2.24) is 14.7 Å². The van der Waals surface area contributed by atoms with Gasteiger partial charge in [-0.25, -0.2) is 0 Å². The molecule has 1 aromatic carbocycles. The van der Waals surface area contributed by atoms with Crippen LogP contribution in [0.1, 0.15) is 17.5 Å². The number of aromatic nitrogens is 2. The number of aliphatic hydroxyl groups is 1. The maximum atomic E-state index is 10.7. The normalized spacial score (nSPS) is 23.9. The third kappa shape index (κ3) is 2.55. The molecule has 0 amide bonds. The van der Waals surface area contributed by atoms with E-state index in [1.165, 1.54) is 5.56 Å². The van der Waals surface area contributed by atoms with E-state index in [9.17, 15) is 5.11 Å². The molecule has 4 nitrogen and oxygen atoms in total. The molecule has 1 aliphatic rings. The Bertz CT molecular complexity index is 552. The molecule has 1 saturated heterocycles. The van der Waals surface area contributed by atoms with E-state index in [2.05, 4.69) is 34.3 Å². The van der Waals surface area contributed by atoms with Crippen LogP contribution in [0.4, 0.5) is 0 Å². The van der Waals surface area contributed by atoms with Gasteiger partial charge in [-0.1, -0.05) is 30.3 Å². The third-order valence-corrected chi connectivity index (χ3v) is 3.82. The lowest BCUT2D eigenvalue weighted by Gasteiger charge is -2.22. The van der Waals surface area contributed by atoms with Crippen LogP contribution in [-0.2, 0) is 19.2 Å². The standard InChI is InChI=1S/C15H19N3O/c1-17-11-14(9-16-17)15(19)7-8-18(12-15)10-13-5-3-2-4-6-13/h2-6,9,11,19H,7-8,10,12H2,1H3. The molecule has 100 valence electrons. The Morgan fingerprint density at radius 1 is 1.32 bits per heavy atom. The molecule has 19 heavy (non-hydrogen) atoms. The monoisotopic (exact) mass is 257 g/mol. The Kier molecular flexibility index (Phi) is 3.12. The lowest BCUT2D eigenvalue weighted by molar-refractivity contribution is 0.0452. The molecule has 1 aromatic heterocycles. The molecule has 2 aromatic rings. The number of likely N-dealkylation sites (tertiary alicyclic amines) is 1. The van der Waals surface area contributed by atoms with Gasteiger partial charge >= 0.3 is 0 Å². The first-order valence-electron chi connectivity index (χ1n) is 6.63. The van der Waals surface area contributed by atoms with E-state index in [1.807, 2.05) is 19.3 Å². The van der Waals surface area contributed by atoms with Crippen molar-refractivity contribution in [3.05, 3.63) is 53.9 Å². The maximum absolute atomic E-state index is 10.7. The maximum Gasteiger partial charge on any atom is 0.106 e. The van der Waals surface area contributed by atoms with Gasteiger partial charge in [0.15, 0.2) is 0 Å². The first kappa shape index (κ1) is 12.4. The lowest BCUT2D eigenvalue weighted by Crippen LogP contribution is -2.30. The van der Waals surface area contributed by atoms with Gasteiger partial charge in [0.2, 0.25) is 0 Å². The molecule has 1 N–H and O–H groups in total. The van der Waals surface area contributed by atoms with Gasteiger partial charge in [0.05, 0.1) is 6.20 Å². The molecule has 2 heterocycles. The Morgan fingerprint density at radius 3 is 2.79 bits per heavy atom. The number of hydrogen-bond donors (Lipinski definition) is 1. The number of β-amino-alcohol motifs (C(OH)–C–C–N with tert-alkyl or cyclic N) is 1. The summed E-state index contributed by atoms with van der Waals surface area (Å²) in [5.41, 5.74) is 1.46. The minimum atomic E-state index is -0.747. The SMILES string of the molecule is Cn1cc(C2(O)CCN(Cc3ccccc3)C2)cn1. The minimum Gasteiger partial charge on any atom is -0.384 e. The fourth-order valence-corrected chi connectivity index (χ4v) is 2.74. The first-order chi connectivity index (χ1) is 9.16. The number of aryl methyl sites for hydroxylation is 1. The van der Waals surface area contributed by atoms with Crippen molar-refractivity contribution in [2.24, 2.45) is 7.05 Å². The van der Waals surface area contributed by atoms with Crippen LogP contribution < -0.4 is 0 Å². The van der Waals surface area contributed by atoms with Crippen molar-refractivity contribution in [3.8, 4) is 0 Å². The molecule has 0 bridgehead atoms. The molecular weight excluding hydrogens is 238 g/mol. The second-order valence-electron chi connectivity index (χ2n) is 5.38.